The molecule has 1 atom stereocenters. The molecule has 0 aliphatic carbocycles. The Bertz CT molecular complexity index is 591. The van der Waals surface area contributed by atoms with E-state index in [1.807, 2.05) is 6.92 Å². The maximum atomic E-state index is 10.8. The number of fused-ring (bicyclic) bond motifs is 1. The summed E-state index contributed by atoms with van der Waals surface area (Å²) in [6.07, 6.45) is 2.95. The highest BCUT2D eigenvalue weighted by Gasteiger charge is 2.14. The van der Waals surface area contributed by atoms with Gasteiger partial charge in [0.2, 0.25) is 0 Å². The van der Waals surface area contributed by atoms with E-state index in [1.165, 1.54) is 11.5 Å². The summed E-state index contributed by atoms with van der Waals surface area (Å²) in [6.45, 7) is 3.55. The topological polar surface area (TPSA) is 70.4 Å². The molecule has 0 amide bonds. The SMILES string of the molecule is Cc1c(O)cc(CCC(C)C(=O)O)c2sncc12. The maximum Gasteiger partial charge on any atom is 0.306 e. The fourth-order valence-electron chi connectivity index (χ4n) is 1.90. The number of hydrogen-bond acceptors (Lipinski definition) is 4. The Hall–Kier alpha value is -1.62. The first-order valence-corrected chi connectivity index (χ1v) is 6.56. The van der Waals surface area contributed by atoms with E-state index >= 15 is 0 Å². The molecule has 0 saturated heterocycles. The zero-order valence-corrected chi connectivity index (χ0v) is 11.1. The normalized spacial score (nSPS) is 12.8. The van der Waals surface area contributed by atoms with Gasteiger partial charge in [0.25, 0.3) is 0 Å². The van der Waals surface area contributed by atoms with Crippen LogP contribution in [0.25, 0.3) is 10.1 Å². The van der Waals surface area contributed by atoms with Gasteiger partial charge in [-0.2, -0.15) is 4.37 Å². The summed E-state index contributed by atoms with van der Waals surface area (Å²) < 4.78 is 5.18. The number of nitrogens with zero attached hydrogens (tertiary/aromatic N) is 1. The zero-order valence-electron chi connectivity index (χ0n) is 10.3. The lowest BCUT2D eigenvalue weighted by Crippen LogP contribution is -2.10. The fourth-order valence-corrected chi connectivity index (χ4v) is 2.74. The molecule has 0 saturated carbocycles. The molecule has 0 spiro atoms. The molecule has 0 bridgehead atoms. The minimum Gasteiger partial charge on any atom is -0.508 e. The second-order valence-electron chi connectivity index (χ2n) is 4.53. The number of carbonyl (C=O) groups is 1. The van der Waals surface area contributed by atoms with E-state index in [9.17, 15) is 9.90 Å². The summed E-state index contributed by atoms with van der Waals surface area (Å²) in [5.41, 5.74) is 1.80. The Morgan fingerprint density at radius 1 is 1.56 bits per heavy atom. The molecular weight excluding hydrogens is 250 g/mol. The predicted molar refractivity (Wildman–Crippen MR) is 71.1 cm³/mol. The number of aliphatic carboxylic acids is 1. The van der Waals surface area contributed by atoms with Crippen molar-refractivity contribution >= 4 is 27.6 Å². The van der Waals surface area contributed by atoms with E-state index in [0.717, 1.165) is 21.2 Å². The van der Waals surface area contributed by atoms with Gasteiger partial charge in [-0.1, -0.05) is 6.92 Å². The number of aromatic nitrogens is 1. The molecule has 1 heterocycles. The first-order valence-electron chi connectivity index (χ1n) is 5.79. The number of benzene rings is 1. The third kappa shape index (κ3) is 2.31. The minimum absolute atomic E-state index is 0.251. The van der Waals surface area contributed by atoms with Crippen LogP contribution >= 0.6 is 11.5 Å². The largest absolute Gasteiger partial charge is 0.508 e. The van der Waals surface area contributed by atoms with Crippen molar-refractivity contribution < 1.29 is 15.0 Å². The van der Waals surface area contributed by atoms with Crippen LogP contribution in [-0.4, -0.2) is 20.6 Å². The number of aromatic hydroxyl groups is 1. The van der Waals surface area contributed by atoms with Crippen LogP contribution in [0.3, 0.4) is 0 Å². The van der Waals surface area contributed by atoms with E-state index in [4.69, 9.17) is 5.11 Å². The van der Waals surface area contributed by atoms with E-state index < -0.39 is 5.97 Å². The average Bonchev–Trinajstić information content (AvgIpc) is 2.80. The lowest BCUT2D eigenvalue weighted by Gasteiger charge is -2.09. The lowest BCUT2D eigenvalue weighted by molar-refractivity contribution is -0.141. The highest BCUT2D eigenvalue weighted by molar-refractivity contribution is 7.13. The van der Waals surface area contributed by atoms with Crippen molar-refractivity contribution in [2.24, 2.45) is 5.92 Å². The molecule has 96 valence electrons. The summed E-state index contributed by atoms with van der Waals surface area (Å²) in [5.74, 6) is -0.913. The fraction of sp³-hybridized carbons (Fsp3) is 0.385. The van der Waals surface area contributed by atoms with Crippen molar-refractivity contribution in [1.82, 2.24) is 4.37 Å². The van der Waals surface area contributed by atoms with Crippen molar-refractivity contribution in [3.63, 3.8) is 0 Å². The first kappa shape index (κ1) is 12.8. The van der Waals surface area contributed by atoms with Crippen LogP contribution in [-0.2, 0) is 11.2 Å². The highest BCUT2D eigenvalue weighted by atomic mass is 32.1. The molecule has 5 heteroatoms. The smallest absolute Gasteiger partial charge is 0.306 e. The molecule has 0 fully saturated rings. The van der Waals surface area contributed by atoms with Gasteiger partial charge in [-0.15, -0.1) is 0 Å². The number of carboxylic acids is 1. The van der Waals surface area contributed by atoms with Gasteiger partial charge in [0.15, 0.2) is 0 Å². The molecule has 18 heavy (non-hydrogen) atoms. The van der Waals surface area contributed by atoms with Gasteiger partial charge >= 0.3 is 5.97 Å². The molecular formula is C13H15NO3S. The highest BCUT2D eigenvalue weighted by Crippen LogP contribution is 2.33. The number of phenolic OH excluding ortho intramolecular Hbond substituents is 1. The van der Waals surface area contributed by atoms with Crippen molar-refractivity contribution in [2.45, 2.75) is 26.7 Å². The molecule has 0 radical (unpaired) electrons. The number of phenols is 1. The van der Waals surface area contributed by atoms with Gasteiger partial charge in [0, 0.05) is 17.1 Å². The predicted octanol–water partition coefficient (Wildman–Crippen LogP) is 2.96. The Morgan fingerprint density at radius 2 is 2.28 bits per heavy atom. The third-order valence-electron chi connectivity index (χ3n) is 3.23. The van der Waals surface area contributed by atoms with Gasteiger partial charge in [-0.25, -0.2) is 0 Å². The van der Waals surface area contributed by atoms with Crippen LogP contribution in [0.2, 0.25) is 0 Å². The monoisotopic (exact) mass is 265 g/mol. The van der Waals surface area contributed by atoms with Gasteiger partial charge in [-0.3, -0.25) is 4.79 Å². The number of aryl methyl sites for hydroxylation is 2. The summed E-state index contributed by atoms with van der Waals surface area (Å²) in [5, 5.41) is 19.7. The van der Waals surface area contributed by atoms with E-state index in [0.29, 0.717) is 12.8 Å². The lowest BCUT2D eigenvalue weighted by atomic mass is 9.98. The second-order valence-corrected chi connectivity index (χ2v) is 5.33. The van der Waals surface area contributed by atoms with Crippen LogP contribution in [0.5, 0.6) is 5.75 Å². The number of hydrogen-bond donors (Lipinski definition) is 2. The van der Waals surface area contributed by atoms with E-state index in [-0.39, 0.29) is 11.7 Å². The molecule has 1 aromatic carbocycles. The Labute approximate surface area is 109 Å². The Balaban J connectivity index is 2.31. The summed E-state index contributed by atoms with van der Waals surface area (Å²) >= 11 is 1.39. The van der Waals surface area contributed by atoms with Crippen molar-refractivity contribution in [3.05, 3.63) is 23.4 Å². The molecule has 1 unspecified atom stereocenters. The molecule has 0 aliphatic heterocycles. The molecule has 2 rings (SSSR count). The van der Waals surface area contributed by atoms with Crippen LogP contribution < -0.4 is 0 Å². The van der Waals surface area contributed by atoms with Crippen LogP contribution in [0, 0.1) is 12.8 Å². The first-order chi connectivity index (χ1) is 8.50. The zero-order chi connectivity index (χ0) is 13.3. The van der Waals surface area contributed by atoms with E-state index in [1.54, 1.807) is 19.2 Å². The van der Waals surface area contributed by atoms with Gasteiger partial charge in [0.1, 0.15) is 5.75 Å². The number of rotatable bonds is 4. The summed E-state index contributed by atoms with van der Waals surface area (Å²) in [7, 11) is 0. The number of carboxylic acid groups (broad SMARTS) is 1. The van der Waals surface area contributed by atoms with Crippen molar-refractivity contribution in [2.75, 3.05) is 0 Å². The Kier molecular flexibility index (Phi) is 3.52. The molecule has 1 aromatic heterocycles. The molecule has 0 aliphatic rings. The summed E-state index contributed by atoms with van der Waals surface area (Å²) in [6, 6.07) is 1.73. The quantitative estimate of drug-likeness (QED) is 0.891. The van der Waals surface area contributed by atoms with Gasteiger partial charge in [0.05, 0.1) is 10.6 Å². The van der Waals surface area contributed by atoms with Crippen molar-refractivity contribution in [3.8, 4) is 5.75 Å². The second kappa shape index (κ2) is 4.94. The van der Waals surface area contributed by atoms with Crippen LogP contribution in [0.15, 0.2) is 12.3 Å². The van der Waals surface area contributed by atoms with Crippen LogP contribution in [0.4, 0.5) is 0 Å². The van der Waals surface area contributed by atoms with Gasteiger partial charge < -0.3 is 10.2 Å². The standard InChI is InChI=1S/C13H15NO3S/c1-7(13(16)17)3-4-9-5-11(15)8(2)10-6-14-18-12(9)10/h5-7,15H,3-4H2,1-2H3,(H,16,17). The third-order valence-corrected chi connectivity index (χ3v) is 4.10. The van der Waals surface area contributed by atoms with Gasteiger partial charge in [-0.05, 0) is 42.9 Å². The van der Waals surface area contributed by atoms with E-state index in [2.05, 4.69) is 4.37 Å². The molecule has 2 aromatic rings. The Morgan fingerprint density at radius 3 is 2.94 bits per heavy atom. The molecule has 2 N–H and O–H groups in total. The van der Waals surface area contributed by atoms with Crippen molar-refractivity contribution in [1.29, 1.82) is 0 Å². The average molecular weight is 265 g/mol. The summed E-state index contributed by atoms with van der Waals surface area (Å²) in [4.78, 5) is 10.8. The van der Waals surface area contributed by atoms with Crippen LogP contribution in [0.1, 0.15) is 24.5 Å². The molecule has 4 nitrogen and oxygen atoms in total. The maximum absolute atomic E-state index is 10.8. The minimum atomic E-state index is -0.785.